The highest BCUT2D eigenvalue weighted by atomic mass is 32.1. The second-order valence-corrected chi connectivity index (χ2v) is 8.43. The third kappa shape index (κ3) is 3.92. The first kappa shape index (κ1) is 18.6. The van der Waals surface area contributed by atoms with Crippen molar-refractivity contribution < 1.29 is 14.7 Å². The van der Waals surface area contributed by atoms with E-state index in [1.54, 1.807) is 0 Å². The van der Waals surface area contributed by atoms with E-state index in [2.05, 4.69) is 28.5 Å². The number of amides is 1. The number of hydrogen-bond acceptors (Lipinski definition) is 4. The fraction of sp³-hybridized carbons (Fsp3) is 0.318. The van der Waals surface area contributed by atoms with E-state index in [9.17, 15) is 14.7 Å². The highest BCUT2D eigenvalue weighted by Crippen LogP contribution is 2.44. The van der Waals surface area contributed by atoms with Gasteiger partial charge in [0.1, 0.15) is 0 Å². The molecule has 6 heteroatoms. The number of nitrogens with one attached hydrogen (secondary N) is 1. The highest BCUT2D eigenvalue weighted by Gasteiger charge is 2.38. The first-order valence-corrected chi connectivity index (χ1v) is 10.4. The molecule has 0 aliphatic heterocycles. The number of anilines is 1. The summed E-state index contributed by atoms with van der Waals surface area (Å²) in [4.78, 5) is 28.4. The lowest BCUT2D eigenvalue weighted by Crippen LogP contribution is -2.27. The zero-order chi connectivity index (χ0) is 19.6. The lowest BCUT2D eigenvalue weighted by Gasteiger charge is -2.25. The molecule has 1 heterocycles. The Morgan fingerprint density at radius 2 is 1.82 bits per heavy atom. The van der Waals surface area contributed by atoms with Crippen LogP contribution < -0.4 is 5.32 Å². The molecule has 0 unspecified atom stereocenters. The lowest BCUT2D eigenvalue weighted by atomic mass is 9.79. The van der Waals surface area contributed by atoms with Gasteiger partial charge in [0.2, 0.25) is 5.91 Å². The van der Waals surface area contributed by atoms with Gasteiger partial charge in [-0.2, -0.15) is 0 Å². The van der Waals surface area contributed by atoms with Gasteiger partial charge in [-0.05, 0) is 29.0 Å². The molecule has 144 valence electrons. The zero-order valence-electron chi connectivity index (χ0n) is 15.5. The molecule has 0 atom stereocenters. The first-order chi connectivity index (χ1) is 13.5. The Bertz CT molecular complexity index is 1020. The number of fused-ring (bicyclic) bond motifs is 1. The van der Waals surface area contributed by atoms with Gasteiger partial charge >= 0.3 is 5.97 Å². The summed E-state index contributed by atoms with van der Waals surface area (Å²) in [6.07, 6.45) is 3.87. The molecule has 3 aromatic rings. The maximum atomic E-state index is 12.6. The van der Waals surface area contributed by atoms with Crippen LogP contribution in [0.2, 0.25) is 0 Å². The van der Waals surface area contributed by atoms with E-state index in [4.69, 9.17) is 0 Å². The SMILES string of the molecule is O=C(O)CC1(CC(=O)Nc2nc(-c3cccc4ccccc34)cs2)CCCC1. The molecule has 2 aromatic carbocycles. The summed E-state index contributed by atoms with van der Waals surface area (Å²) in [6, 6.07) is 14.3. The van der Waals surface area contributed by atoms with E-state index in [0.29, 0.717) is 5.13 Å². The summed E-state index contributed by atoms with van der Waals surface area (Å²) >= 11 is 1.39. The highest BCUT2D eigenvalue weighted by molar-refractivity contribution is 7.14. The first-order valence-electron chi connectivity index (χ1n) is 9.50. The minimum atomic E-state index is -0.831. The van der Waals surface area contributed by atoms with Crippen molar-refractivity contribution in [1.82, 2.24) is 4.98 Å². The van der Waals surface area contributed by atoms with Crippen molar-refractivity contribution in [2.24, 2.45) is 5.41 Å². The van der Waals surface area contributed by atoms with Gasteiger partial charge in [0.05, 0.1) is 12.1 Å². The number of carbonyl (C=O) groups is 2. The van der Waals surface area contributed by atoms with Crippen molar-refractivity contribution in [3.8, 4) is 11.3 Å². The zero-order valence-corrected chi connectivity index (χ0v) is 16.3. The molecule has 1 amide bonds. The topological polar surface area (TPSA) is 79.3 Å². The molecule has 1 aromatic heterocycles. The van der Waals surface area contributed by atoms with Crippen molar-refractivity contribution in [1.29, 1.82) is 0 Å². The standard InChI is InChI=1S/C22H22N2O3S/c25-19(12-22(13-20(26)27)10-3-4-11-22)24-21-23-18(14-28-21)17-9-5-7-15-6-1-2-8-16(15)17/h1-2,5-9,14H,3-4,10-13H2,(H,26,27)(H,23,24,25). The Morgan fingerprint density at radius 3 is 2.61 bits per heavy atom. The summed E-state index contributed by atoms with van der Waals surface area (Å²) in [5.74, 6) is -0.982. The van der Waals surface area contributed by atoms with Gasteiger partial charge in [-0.25, -0.2) is 4.98 Å². The Labute approximate surface area is 167 Å². The van der Waals surface area contributed by atoms with Gasteiger partial charge in [0, 0.05) is 17.4 Å². The number of rotatable bonds is 6. The van der Waals surface area contributed by atoms with Crippen LogP contribution in [0, 0.1) is 5.41 Å². The van der Waals surface area contributed by atoms with E-state index in [-0.39, 0.29) is 18.7 Å². The molecule has 1 fully saturated rings. The molecule has 0 bridgehead atoms. The molecule has 1 saturated carbocycles. The molecular weight excluding hydrogens is 372 g/mol. The van der Waals surface area contributed by atoms with E-state index >= 15 is 0 Å². The van der Waals surface area contributed by atoms with Crippen molar-refractivity contribution in [2.75, 3.05) is 5.32 Å². The van der Waals surface area contributed by atoms with Crippen LogP contribution >= 0.6 is 11.3 Å². The fourth-order valence-electron chi connectivity index (χ4n) is 4.27. The smallest absolute Gasteiger partial charge is 0.303 e. The van der Waals surface area contributed by atoms with Crippen LogP contribution in [0.3, 0.4) is 0 Å². The van der Waals surface area contributed by atoms with Crippen LogP contribution in [0.15, 0.2) is 47.8 Å². The third-order valence-electron chi connectivity index (χ3n) is 5.54. The van der Waals surface area contributed by atoms with Crippen LogP contribution in [0.25, 0.3) is 22.0 Å². The summed E-state index contributed by atoms with van der Waals surface area (Å²) in [6.45, 7) is 0. The van der Waals surface area contributed by atoms with Crippen molar-refractivity contribution in [3.05, 3.63) is 47.8 Å². The Hall–Kier alpha value is -2.73. The number of hydrogen-bond donors (Lipinski definition) is 2. The maximum absolute atomic E-state index is 12.6. The Kier molecular flexibility index (Phi) is 5.13. The molecule has 4 rings (SSSR count). The average molecular weight is 394 g/mol. The number of carboxylic acids is 1. The summed E-state index contributed by atoms with van der Waals surface area (Å²) in [5, 5.41) is 16.9. The molecule has 0 spiro atoms. The van der Waals surface area contributed by atoms with E-state index in [1.165, 1.54) is 11.3 Å². The molecule has 0 radical (unpaired) electrons. The van der Waals surface area contributed by atoms with Gasteiger partial charge in [-0.1, -0.05) is 55.3 Å². The molecule has 2 N–H and O–H groups in total. The van der Waals surface area contributed by atoms with Gasteiger partial charge in [-0.3, -0.25) is 9.59 Å². The monoisotopic (exact) mass is 394 g/mol. The number of benzene rings is 2. The van der Waals surface area contributed by atoms with Crippen LogP contribution in [0.1, 0.15) is 38.5 Å². The maximum Gasteiger partial charge on any atom is 0.303 e. The summed E-state index contributed by atoms with van der Waals surface area (Å²) in [5.41, 5.74) is 1.46. The summed E-state index contributed by atoms with van der Waals surface area (Å²) in [7, 11) is 0. The Morgan fingerprint density at radius 1 is 1.07 bits per heavy atom. The number of carboxylic acid groups (broad SMARTS) is 1. The van der Waals surface area contributed by atoms with Crippen LogP contribution in [-0.4, -0.2) is 22.0 Å². The van der Waals surface area contributed by atoms with Crippen LogP contribution in [-0.2, 0) is 9.59 Å². The normalized spacial score (nSPS) is 15.6. The predicted molar refractivity (Wildman–Crippen MR) is 111 cm³/mol. The van der Waals surface area contributed by atoms with Gasteiger partial charge in [-0.15, -0.1) is 11.3 Å². The second-order valence-electron chi connectivity index (χ2n) is 7.57. The van der Waals surface area contributed by atoms with Gasteiger partial charge in [0.25, 0.3) is 0 Å². The minimum Gasteiger partial charge on any atom is -0.481 e. The second kappa shape index (κ2) is 7.72. The predicted octanol–water partition coefficient (Wildman–Crippen LogP) is 5.33. The lowest BCUT2D eigenvalue weighted by molar-refractivity contribution is -0.140. The Balaban J connectivity index is 1.50. The number of aliphatic carboxylic acids is 1. The van der Waals surface area contributed by atoms with Crippen LogP contribution in [0.5, 0.6) is 0 Å². The van der Waals surface area contributed by atoms with Crippen LogP contribution in [0.4, 0.5) is 5.13 Å². The third-order valence-corrected chi connectivity index (χ3v) is 6.30. The molecule has 0 saturated heterocycles. The minimum absolute atomic E-state index is 0.0551. The summed E-state index contributed by atoms with van der Waals surface area (Å²) < 4.78 is 0. The molecule has 28 heavy (non-hydrogen) atoms. The van der Waals surface area contributed by atoms with Crippen molar-refractivity contribution in [3.63, 3.8) is 0 Å². The van der Waals surface area contributed by atoms with Crippen molar-refractivity contribution in [2.45, 2.75) is 38.5 Å². The largest absolute Gasteiger partial charge is 0.481 e. The van der Waals surface area contributed by atoms with Gasteiger partial charge < -0.3 is 10.4 Å². The number of aromatic nitrogens is 1. The number of nitrogens with zero attached hydrogens (tertiary/aromatic N) is 1. The number of carbonyl (C=O) groups excluding carboxylic acids is 1. The van der Waals surface area contributed by atoms with Gasteiger partial charge in [0.15, 0.2) is 5.13 Å². The van der Waals surface area contributed by atoms with E-state index in [1.807, 2.05) is 29.6 Å². The molecule has 1 aliphatic carbocycles. The quantitative estimate of drug-likeness (QED) is 0.592. The van der Waals surface area contributed by atoms with E-state index in [0.717, 1.165) is 47.7 Å². The average Bonchev–Trinajstić information content (AvgIpc) is 3.30. The molecule has 1 aliphatic rings. The number of thiazole rings is 1. The fourth-order valence-corrected chi connectivity index (χ4v) is 5.00. The molecular formula is C22H22N2O3S. The molecule has 5 nitrogen and oxygen atoms in total. The van der Waals surface area contributed by atoms with E-state index < -0.39 is 11.4 Å². The van der Waals surface area contributed by atoms with Crippen molar-refractivity contribution >= 4 is 39.1 Å².